The van der Waals surface area contributed by atoms with Crippen LogP contribution in [0.5, 0.6) is 0 Å². The molecule has 1 amide bonds. The molecular weight excluding hydrogens is 400 g/mol. The van der Waals surface area contributed by atoms with Crippen molar-refractivity contribution in [1.29, 1.82) is 0 Å². The molecular formula is C19H23BrN2O2S. The van der Waals surface area contributed by atoms with Crippen LogP contribution in [-0.4, -0.2) is 54.6 Å². The highest BCUT2D eigenvalue weighted by Gasteiger charge is 2.26. The SMILES string of the molecule is CC(CN1CCOCC1)N(Cc1ccccc1)C(=O)c1sccc1Br. The van der Waals surface area contributed by atoms with Crippen molar-refractivity contribution in [3.8, 4) is 0 Å². The van der Waals surface area contributed by atoms with E-state index in [1.54, 1.807) is 0 Å². The molecule has 0 saturated carbocycles. The van der Waals surface area contributed by atoms with Gasteiger partial charge in [0.1, 0.15) is 4.88 Å². The third-order valence-corrected chi connectivity index (χ3v) is 6.25. The van der Waals surface area contributed by atoms with Gasteiger partial charge in [-0.2, -0.15) is 0 Å². The van der Waals surface area contributed by atoms with Crippen molar-refractivity contribution < 1.29 is 9.53 Å². The lowest BCUT2D eigenvalue weighted by atomic mass is 10.1. The molecule has 1 aliphatic heterocycles. The predicted molar refractivity (Wildman–Crippen MR) is 105 cm³/mol. The van der Waals surface area contributed by atoms with Gasteiger partial charge in [-0.25, -0.2) is 0 Å². The molecule has 1 saturated heterocycles. The third-order valence-electron chi connectivity index (χ3n) is 4.43. The van der Waals surface area contributed by atoms with Crippen LogP contribution in [0.2, 0.25) is 0 Å². The zero-order valence-electron chi connectivity index (χ0n) is 14.4. The maximum absolute atomic E-state index is 13.2. The number of hydrogen-bond acceptors (Lipinski definition) is 4. The second-order valence-electron chi connectivity index (χ2n) is 6.28. The highest BCUT2D eigenvalue weighted by atomic mass is 79.9. The van der Waals surface area contributed by atoms with Crippen molar-refractivity contribution in [2.75, 3.05) is 32.8 Å². The van der Waals surface area contributed by atoms with Gasteiger partial charge in [0.05, 0.1) is 13.2 Å². The largest absolute Gasteiger partial charge is 0.379 e. The van der Waals surface area contributed by atoms with E-state index in [0.717, 1.165) is 47.8 Å². The fourth-order valence-corrected chi connectivity index (χ4v) is 4.54. The first-order chi connectivity index (χ1) is 12.1. The van der Waals surface area contributed by atoms with E-state index in [2.05, 4.69) is 39.9 Å². The second kappa shape index (κ2) is 8.94. The molecule has 0 N–H and O–H groups in total. The van der Waals surface area contributed by atoms with E-state index in [4.69, 9.17) is 4.74 Å². The number of thiophene rings is 1. The van der Waals surface area contributed by atoms with Gasteiger partial charge in [-0.15, -0.1) is 11.3 Å². The molecule has 134 valence electrons. The summed E-state index contributed by atoms with van der Waals surface area (Å²) in [5, 5.41) is 1.95. The Hall–Kier alpha value is -1.21. The second-order valence-corrected chi connectivity index (χ2v) is 8.05. The van der Waals surface area contributed by atoms with E-state index in [1.165, 1.54) is 11.3 Å². The van der Waals surface area contributed by atoms with Crippen LogP contribution in [0.25, 0.3) is 0 Å². The van der Waals surface area contributed by atoms with Crippen LogP contribution >= 0.6 is 27.3 Å². The molecule has 3 rings (SSSR count). The summed E-state index contributed by atoms with van der Waals surface area (Å²) in [6, 6.07) is 12.3. The molecule has 1 fully saturated rings. The fourth-order valence-electron chi connectivity index (χ4n) is 3.04. The Morgan fingerprint density at radius 3 is 2.64 bits per heavy atom. The van der Waals surface area contributed by atoms with Gasteiger partial charge >= 0.3 is 0 Å². The quantitative estimate of drug-likeness (QED) is 0.707. The maximum atomic E-state index is 13.2. The van der Waals surface area contributed by atoms with Crippen molar-refractivity contribution in [3.63, 3.8) is 0 Å². The number of hydrogen-bond donors (Lipinski definition) is 0. The average molecular weight is 423 g/mol. The van der Waals surface area contributed by atoms with E-state index in [-0.39, 0.29) is 11.9 Å². The zero-order chi connectivity index (χ0) is 17.6. The maximum Gasteiger partial charge on any atom is 0.265 e. The summed E-state index contributed by atoms with van der Waals surface area (Å²) >= 11 is 4.99. The highest BCUT2D eigenvalue weighted by Crippen LogP contribution is 2.26. The van der Waals surface area contributed by atoms with E-state index in [1.807, 2.05) is 34.5 Å². The average Bonchev–Trinajstić information content (AvgIpc) is 3.07. The molecule has 1 unspecified atom stereocenters. The number of nitrogens with zero attached hydrogens (tertiary/aromatic N) is 2. The van der Waals surface area contributed by atoms with Crippen molar-refractivity contribution in [3.05, 3.63) is 56.7 Å². The van der Waals surface area contributed by atoms with Crippen LogP contribution in [0.1, 0.15) is 22.2 Å². The summed E-state index contributed by atoms with van der Waals surface area (Å²) < 4.78 is 6.31. The van der Waals surface area contributed by atoms with Gasteiger partial charge in [-0.3, -0.25) is 9.69 Å². The lowest BCUT2D eigenvalue weighted by molar-refractivity contribution is 0.0229. The molecule has 0 radical (unpaired) electrons. The monoisotopic (exact) mass is 422 g/mol. The van der Waals surface area contributed by atoms with Crippen molar-refractivity contribution in [2.24, 2.45) is 0 Å². The van der Waals surface area contributed by atoms with Crippen LogP contribution in [0, 0.1) is 0 Å². The number of carbonyl (C=O) groups is 1. The summed E-state index contributed by atoms with van der Waals surface area (Å²) in [5.41, 5.74) is 1.15. The molecule has 4 nitrogen and oxygen atoms in total. The van der Waals surface area contributed by atoms with Crippen LogP contribution in [-0.2, 0) is 11.3 Å². The lowest BCUT2D eigenvalue weighted by Crippen LogP contribution is -2.47. The number of halogens is 1. The van der Waals surface area contributed by atoms with Gasteiger partial charge in [0.15, 0.2) is 0 Å². The minimum atomic E-state index is 0.0893. The van der Waals surface area contributed by atoms with E-state index >= 15 is 0 Å². The Bertz CT molecular complexity index is 686. The number of benzene rings is 1. The number of morpholine rings is 1. The normalized spacial score (nSPS) is 16.6. The molecule has 6 heteroatoms. The van der Waals surface area contributed by atoms with Gasteiger partial charge in [0.25, 0.3) is 5.91 Å². The minimum Gasteiger partial charge on any atom is -0.379 e. The minimum absolute atomic E-state index is 0.0893. The Labute approximate surface area is 161 Å². The summed E-state index contributed by atoms with van der Waals surface area (Å²) in [7, 11) is 0. The first-order valence-corrected chi connectivity index (χ1v) is 10.2. The molecule has 0 bridgehead atoms. The predicted octanol–water partition coefficient (Wildman–Crippen LogP) is 3.87. The van der Waals surface area contributed by atoms with Gasteiger partial charge in [-0.05, 0) is 39.9 Å². The molecule has 25 heavy (non-hydrogen) atoms. The van der Waals surface area contributed by atoms with Gasteiger partial charge < -0.3 is 9.64 Å². The standard InChI is InChI=1S/C19H23BrN2O2S/c1-15(13-21-8-10-24-11-9-21)22(14-16-5-3-2-4-6-16)19(23)18-17(20)7-12-25-18/h2-7,12,15H,8-11,13-14H2,1H3. The molecule has 1 atom stereocenters. The van der Waals surface area contributed by atoms with Gasteiger partial charge in [0, 0.05) is 36.7 Å². The fraction of sp³-hybridized carbons (Fsp3) is 0.421. The Morgan fingerprint density at radius 1 is 1.28 bits per heavy atom. The van der Waals surface area contributed by atoms with E-state index in [9.17, 15) is 4.79 Å². The number of rotatable bonds is 6. The summed E-state index contributed by atoms with van der Waals surface area (Å²) in [4.78, 5) is 18.3. The lowest BCUT2D eigenvalue weighted by Gasteiger charge is -2.35. The van der Waals surface area contributed by atoms with Gasteiger partial charge in [-0.1, -0.05) is 30.3 Å². The molecule has 1 aliphatic rings. The van der Waals surface area contributed by atoms with E-state index < -0.39 is 0 Å². The molecule has 1 aromatic heterocycles. The first kappa shape index (κ1) is 18.6. The number of carbonyl (C=O) groups excluding carboxylic acids is 1. The Morgan fingerprint density at radius 2 is 2.00 bits per heavy atom. The van der Waals surface area contributed by atoms with E-state index in [0.29, 0.717) is 6.54 Å². The Kier molecular flexibility index (Phi) is 6.64. The first-order valence-electron chi connectivity index (χ1n) is 8.53. The van der Waals surface area contributed by atoms with Gasteiger partial charge in [0.2, 0.25) is 0 Å². The van der Waals surface area contributed by atoms with Crippen LogP contribution in [0.4, 0.5) is 0 Å². The van der Waals surface area contributed by atoms with Crippen molar-refractivity contribution in [1.82, 2.24) is 9.80 Å². The molecule has 0 aliphatic carbocycles. The smallest absolute Gasteiger partial charge is 0.265 e. The summed E-state index contributed by atoms with van der Waals surface area (Å²) in [6.45, 7) is 7.03. The van der Waals surface area contributed by atoms with Crippen molar-refractivity contribution >= 4 is 33.2 Å². The number of amides is 1. The van der Waals surface area contributed by atoms with Crippen LogP contribution in [0.15, 0.2) is 46.3 Å². The third kappa shape index (κ3) is 4.91. The molecule has 0 spiro atoms. The molecule has 2 aromatic rings. The molecule has 2 heterocycles. The topological polar surface area (TPSA) is 32.8 Å². The summed E-state index contributed by atoms with van der Waals surface area (Å²) in [6.07, 6.45) is 0. The summed E-state index contributed by atoms with van der Waals surface area (Å²) in [5.74, 6) is 0.0893. The zero-order valence-corrected chi connectivity index (χ0v) is 16.8. The highest BCUT2D eigenvalue weighted by molar-refractivity contribution is 9.10. The molecule has 1 aromatic carbocycles. The van der Waals surface area contributed by atoms with Crippen LogP contribution in [0.3, 0.4) is 0 Å². The van der Waals surface area contributed by atoms with Crippen molar-refractivity contribution in [2.45, 2.75) is 19.5 Å². The Balaban J connectivity index is 1.77. The number of ether oxygens (including phenoxy) is 1. The van der Waals surface area contributed by atoms with Crippen LogP contribution < -0.4 is 0 Å².